The Labute approximate surface area is 119 Å². The zero-order valence-corrected chi connectivity index (χ0v) is 12.0. The van der Waals surface area contributed by atoms with Crippen molar-refractivity contribution in [3.8, 4) is 5.75 Å². The van der Waals surface area contributed by atoms with Gasteiger partial charge < -0.3 is 14.6 Å². The van der Waals surface area contributed by atoms with Gasteiger partial charge in [-0.3, -0.25) is 0 Å². The van der Waals surface area contributed by atoms with Gasteiger partial charge >= 0.3 is 0 Å². The van der Waals surface area contributed by atoms with E-state index in [0.717, 1.165) is 12.2 Å². The molecular formula is C13H14BrFN2O2. The summed E-state index contributed by atoms with van der Waals surface area (Å²) in [5.74, 6) is 0.694. The summed E-state index contributed by atoms with van der Waals surface area (Å²) in [6.45, 7) is 3.77. The predicted octanol–water partition coefficient (Wildman–Crippen LogP) is 3.26. The van der Waals surface area contributed by atoms with Gasteiger partial charge in [0.2, 0.25) is 0 Å². The maximum Gasteiger partial charge on any atom is 0.174 e. The molecule has 102 valence electrons. The van der Waals surface area contributed by atoms with Gasteiger partial charge in [0.25, 0.3) is 0 Å². The number of aromatic nitrogens is 1. The van der Waals surface area contributed by atoms with Crippen molar-refractivity contribution in [2.45, 2.75) is 20.1 Å². The molecule has 0 unspecified atom stereocenters. The van der Waals surface area contributed by atoms with E-state index < -0.39 is 0 Å². The molecule has 0 aliphatic rings. The Hall–Kier alpha value is -1.40. The van der Waals surface area contributed by atoms with E-state index in [4.69, 9.17) is 9.26 Å². The first-order valence-corrected chi connectivity index (χ1v) is 6.70. The van der Waals surface area contributed by atoms with E-state index in [2.05, 4.69) is 26.4 Å². The Bertz CT molecular complexity index is 525. The van der Waals surface area contributed by atoms with Crippen LogP contribution in [0.15, 0.2) is 33.3 Å². The van der Waals surface area contributed by atoms with Crippen molar-refractivity contribution < 1.29 is 13.7 Å². The number of nitrogens with one attached hydrogen (secondary N) is 1. The maximum atomic E-state index is 13.1. The molecule has 1 heterocycles. The van der Waals surface area contributed by atoms with E-state index in [0.29, 0.717) is 22.5 Å². The molecule has 0 fully saturated rings. The molecule has 1 aromatic carbocycles. The first-order chi connectivity index (χ1) is 9.17. The van der Waals surface area contributed by atoms with E-state index >= 15 is 0 Å². The molecule has 0 saturated carbocycles. The molecule has 2 aromatic rings. The number of rotatable bonds is 6. The molecule has 0 bridgehead atoms. The molecule has 0 saturated heterocycles. The van der Waals surface area contributed by atoms with E-state index in [9.17, 15) is 4.39 Å². The molecule has 1 N–H and O–H groups in total. The highest BCUT2D eigenvalue weighted by atomic mass is 79.9. The third kappa shape index (κ3) is 4.33. The summed E-state index contributed by atoms with van der Waals surface area (Å²) in [6, 6.07) is 6.20. The number of benzene rings is 1. The molecule has 2 rings (SSSR count). The van der Waals surface area contributed by atoms with Crippen molar-refractivity contribution in [3.63, 3.8) is 0 Å². The molecule has 0 aliphatic carbocycles. The summed E-state index contributed by atoms with van der Waals surface area (Å²) in [7, 11) is 0. The second-order valence-corrected chi connectivity index (χ2v) is 4.87. The summed E-state index contributed by atoms with van der Waals surface area (Å²) in [5.41, 5.74) is 0.820. The SMILES string of the molecule is CCNCc1cc(COc2cc(F)cc(Br)c2)on1. The van der Waals surface area contributed by atoms with Gasteiger partial charge in [-0.25, -0.2) is 4.39 Å². The largest absolute Gasteiger partial charge is 0.485 e. The molecule has 0 aliphatic heterocycles. The minimum absolute atomic E-state index is 0.217. The van der Waals surface area contributed by atoms with Crippen LogP contribution in [0, 0.1) is 5.82 Å². The lowest BCUT2D eigenvalue weighted by molar-refractivity contribution is 0.247. The molecule has 0 atom stereocenters. The van der Waals surface area contributed by atoms with Crippen LogP contribution in [0.4, 0.5) is 4.39 Å². The molecule has 19 heavy (non-hydrogen) atoms. The van der Waals surface area contributed by atoms with Crippen LogP contribution in [-0.2, 0) is 13.2 Å². The standard InChI is InChI=1S/C13H14BrFN2O2/c1-2-16-7-11-6-13(19-17-11)8-18-12-4-9(14)3-10(15)5-12/h3-6,16H,2,7-8H2,1H3. The average Bonchev–Trinajstić information content (AvgIpc) is 2.81. The second kappa shape index (κ2) is 6.68. The van der Waals surface area contributed by atoms with Crippen molar-refractivity contribution in [3.05, 3.63) is 46.0 Å². The van der Waals surface area contributed by atoms with Crippen LogP contribution < -0.4 is 10.1 Å². The fraction of sp³-hybridized carbons (Fsp3) is 0.308. The zero-order chi connectivity index (χ0) is 13.7. The highest BCUT2D eigenvalue weighted by Crippen LogP contribution is 2.21. The lowest BCUT2D eigenvalue weighted by Gasteiger charge is -2.04. The van der Waals surface area contributed by atoms with Crippen LogP contribution >= 0.6 is 15.9 Å². The Kier molecular flexibility index (Phi) is 4.93. The van der Waals surface area contributed by atoms with Crippen molar-refractivity contribution in [1.29, 1.82) is 0 Å². The minimum atomic E-state index is -0.352. The normalized spacial score (nSPS) is 10.7. The van der Waals surface area contributed by atoms with Crippen LogP contribution in [0.1, 0.15) is 18.4 Å². The maximum absolute atomic E-state index is 13.1. The van der Waals surface area contributed by atoms with Crippen LogP contribution in [0.3, 0.4) is 0 Å². The molecule has 0 amide bonds. The predicted molar refractivity (Wildman–Crippen MR) is 72.3 cm³/mol. The van der Waals surface area contributed by atoms with Gasteiger partial charge in [0.15, 0.2) is 5.76 Å². The van der Waals surface area contributed by atoms with E-state index in [1.54, 1.807) is 6.07 Å². The van der Waals surface area contributed by atoms with Crippen LogP contribution in [0.25, 0.3) is 0 Å². The Morgan fingerprint density at radius 2 is 2.21 bits per heavy atom. The topological polar surface area (TPSA) is 47.3 Å². The molecule has 0 radical (unpaired) electrons. The summed E-state index contributed by atoms with van der Waals surface area (Å²) < 4.78 is 24.3. The highest BCUT2D eigenvalue weighted by molar-refractivity contribution is 9.10. The molecule has 6 heteroatoms. The number of hydrogen-bond acceptors (Lipinski definition) is 4. The quantitative estimate of drug-likeness (QED) is 0.884. The van der Waals surface area contributed by atoms with Crippen molar-refractivity contribution in [1.82, 2.24) is 10.5 Å². The lowest BCUT2D eigenvalue weighted by atomic mass is 10.3. The lowest BCUT2D eigenvalue weighted by Crippen LogP contribution is -2.11. The molecular weight excluding hydrogens is 315 g/mol. The minimum Gasteiger partial charge on any atom is -0.485 e. The van der Waals surface area contributed by atoms with E-state index in [1.165, 1.54) is 12.1 Å². The van der Waals surface area contributed by atoms with Gasteiger partial charge in [0, 0.05) is 23.2 Å². The first kappa shape index (κ1) is 14.0. The monoisotopic (exact) mass is 328 g/mol. The fourth-order valence-electron chi connectivity index (χ4n) is 1.53. The van der Waals surface area contributed by atoms with Crippen molar-refractivity contribution in [2.75, 3.05) is 6.54 Å². The van der Waals surface area contributed by atoms with Crippen LogP contribution in [0.5, 0.6) is 5.75 Å². The second-order valence-electron chi connectivity index (χ2n) is 3.96. The number of halogens is 2. The van der Waals surface area contributed by atoms with Gasteiger partial charge in [-0.15, -0.1) is 0 Å². The summed E-state index contributed by atoms with van der Waals surface area (Å²) in [5, 5.41) is 7.05. The number of nitrogens with zero attached hydrogens (tertiary/aromatic N) is 1. The smallest absolute Gasteiger partial charge is 0.174 e. The van der Waals surface area contributed by atoms with Gasteiger partial charge in [0.05, 0.1) is 5.69 Å². The summed E-state index contributed by atoms with van der Waals surface area (Å²) in [4.78, 5) is 0. The third-order valence-electron chi connectivity index (χ3n) is 2.38. The summed E-state index contributed by atoms with van der Waals surface area (Å²) >= 11 is 3.21. The van der Waals surface area contributed by atoms with E-state index in [1.807, 2.05) is 13.0 Å². The molecule has 0 spiro atoms. The Morgan fingerprint density at radius 3 is 2.95 bits per heavy atom. The highest BCUT2D eigenvalue weighted by Gasteiger charge is 2.06. The third-order valence-corrected chi connectivity index (χ3v) is 2.84. The molecule has 1 aromatic heterocycles. The number of hydrogen-bond donors (Lipinski definition) is 1. The van der Waals surface area contributed by atoms with Crippen molar-refractivity contribution >= 4 is 15.9 Å². The van der Waals surface area contributed by atoms with Gasteiger partial charge in [-0.2, -0.15) is 0 Å². The summed E-state index contributed by atoms with van der Waals surface area (Å²) in [6.07, 6.45) is 0. The Morgan fingerprint density at radius 1 is 1.37 bits per heavy atom. The van der Waals surface area contributed by atoms with Crippen molar-refractivity contribution in [2.24, 2.45) is 0 Å². The van der Waals surface area contributed by atoms with E-state index in [-0.39, 0.29) is 12.4 Å². The van der Waals surface area contributed by atoms with Gasteiger partial charge in [-0.1, -0.05) is 28.0 Å². The first-order valence-electron chi connectivity index (χ1n) is 5.91. The van der Waals surface area contributed by atoms with Crippen LogP contribution in [-0.4, -0.2) is 11.7 Å². The Balaban J connectivity index is 1.92. The number of ether oxygens (including phenoxy) is 1. The zero-order valence-electron chi connectivity index (χ0n) is 10.5. The molecule has 4 nitrogen and oxygen atoms in total. The van der Waals surface area contributed by atoms with Gasteiger partial charge in [0.1, 0.15) is 18.2 Å². The average molecular weight is 329 g/mol. The van der Waals surface area contributed by atoms with Gasteiger partial charge in [-0.05, 0) is 18.7 Å². The fourth-order valence-corrected chi connectivity index (χ4v) is 1.97. The van der Waals surface area contributed by atoms with Crippen LogP contribution in [0.2, 0.25) is 0 Å².